The monoisotopic (exact) mass is 185 g/mol. The van der Waals surface area contributed by atoms with Crippen LogP contribution in [0.15, 0.2) is 0 Å². The van der Waals surface area contributed by atoms with E-state index in [1.807, 2.05) is 7.05 Å². The van der Waals surface area contributed by atoms with Gasteiger partial charge in [0.05, 0.1) is 5.41 Å². The van der Waals surface area contributed by atoms with Gasteiger partial charge in [0.1, 0.15) is 0 Å². The SMILES string of the molecule is CNC(C(C)(C)C)C1(C(=O)O)CC1. The molecule has 1 atom stereocenters. The molecular formula is C10H19NO2. The van der Waals surface area contributed by atoms with E-state index in [1.54, 1.807) is 0 Å². The van der Waals surface area contributed by atoms with Gasteiger partial charge in [-0.05, 0) is 25.3 Å². The van der Waals surface area contributed by atoms with Gasteiger partial charge >= 0.3 is 5.97 Å². The molecule has 1 saturated carbocycles. The first kappa shape index (κ1) is 10.5. The van der Waals surface area contributed by atoms with Gasteiger partial charge in [-0.2, -0.15) is 0 Å². The number of hydrogen-bond acceptors (Lipinski definition) is 2. The Balaban J connectivity index is 2.84. The Morgan fingerprint density at radius 1 is 1.46 bits per heavy atom. The largest absolute Gasteiger partial charge is 0.481 e. The van der Waals surface area contributed by atoms with Crippen LogP contribution in [-0.2, 0) is 4.79 Å². The molecule has 0 amide bonds. The minimum absolute atomic E-state index is 0.00361. The number of aliphatic carboxylic acids is 1. The van der Waals surface area contributed by atoms with Crippen LogP contribution in [0.3, 0.4) is 0 Å². The minimum Gasteiger partial charge on any atom is -0.481 e. The first-order valence-corrected chi connectivity index (χ1v) is 4.75. The van der Waals surface area contributed by atoms with Crippen LogP contribution >= 0.6 is 0 Å². The Hall–Kier alpha value is -0.570. The van der Waals surface area contributed by atoms with E-state index in [1.165, 1.54) is 0 Å². The minimum atomic E-state index is -0.651. The van der Waals surface area contributed by atoms with Gasteiger partial charge in [0.15, 0.2) is 0 Å². The molecule has 0 spiro atoms. The Bertz CT molecular complexity index is 213. The van der Waals surface area contributed by atoms with Crippen molar-refractivity contribution in [1.82, 2.24) is 5.32 Å². The van der Waals surface area contributed by atoms with Crippen LogP contribution < -0.4 is 5.32 Å². The second kappa shape index (κ2) is 2.98. The first-order chi connectivity index (χ1) is 5.84. The van der Waals surface area contributed by atoms with Gasteiger partial charge in [-0.15, -0.1) is 0 Å². The molecule has 0 saturated heterocycles. The average molecular weight is 185 g/mol. The highest BCUT2D eigenvalue weighted by Crippen LogP contribution is 2.53. The number of carboxylic acid groups (broad SMARTS) is 1. The molecule has 1 rings (SSSR count). The number of hydrogen-bond donors (Lipinski definition) is 2. The molecule has 0 aliphatic heterocycles. The van der Waals surface area contributed by atoms with Gasteiger partial charge in [0.2, 0.25) is 0 Å². The second-order valence-electron chi connectivity index (χ2n) is 5.05. The molecule has 1 unspecified atom stereocenters. The fraction of sp³-hybridized carbons (Fsp3) is 0.900. The molecule has 2 N–H and O–H groups in total. The highest BCUT2D eigenvalue weighted by Gasteiger charge is 2.58. The molecular weight excluding hydrogens is 166 g/mol. The zero-order chi connectivity index (χ0) is 10.3. The van der Waals surface area contributed by atoms with Crippen molar-refractivity contribution < 1.29 is 9.90 Å². The van der Waals surface area contributed by atoms with Gasteiger partial charge in [-0.1, -0.05) is 20.8 Å². The molecule has 13 heavy (non-hydrogen) atoms. The maximum absolute atomic E-state index is 11.1. The topological polar surface area (TPSA) is 49.3 Å². The van der Waals surface area contributed by atoms with Crippen molar-refractivity contribution in [2.75, 3.05) is 7.05 Å². The molecule has 1 aliphatic carbocycles. The molecule has 3 nitrogen and oxygen atoms in total. The molecule has 0 radical (unpaired) electrons. The van der Waals surface area contributed by atoms with Crippen molar-refractivity contribution in [3.8, 4) is 0 Å². The predicted molar refractivity (Wildman–Crippen MR) is 51.6 cm³/mol. The van der Waals surface area contributed by atoms with Crippen molar-refractivity contribution in [3.05, 3.63) is 0 Å². The van der Waals surface area contributed by atoms with E-state index >= 15 is 0 Å². The summed E-state index contributed by atoms with van der Waals surface area (Å²) in [6.45, 7) is 6.24. The van der Waals surface area contributed by atoms with E-state index in [9.17, 15) is 4.79 Å². The summed E-state index contributed by atoms with van der Waals surface area (Å²) in [5.41, 5.74) is -0.489. The second-order valence-corrected chi connectivity index (χ2v) is 5.05. The fourth-order valence-corrected chi connectivity index (χ4v) is 2.30. The highest BCUT2D eigenvalue weighted by molar-refractivity contribution is 5.79. The smallest absolute Gasteiger partial charge is 0.311 e. The molecule has 0 heterocycles. The Kier molecular flexibility index (Phi) is 2.41. The van der Waals surface area contributed by atoms with Gasteiger partial charge in [0.25, 0.3) is 0 Å². The molecule has 0 aromatic carbocycles. The summed E-state index contributed by atoms with van der Waals surface area (Å²) in [6, 6.07) is 0.0671. The molecule has 1 fully saturated rings. The van der Waals surface area contributed by atoms with Crippen LogP contribution in [-0.4, -0.2) is 24.2 Å². The van der Waals surface area contributed by atoms with E-state index < -0.39 is 11.4 Å². The third-order valence-electron chi connectivity index (χ3n) is 2.92. The van der Waals surface area contributed by atoms with Crippen LogP contribution in [0.2, 0.25) is 0 Å². The lowest BCUT2D eigenvalue weighted by Crippen LogP contribution is -2.48. The van der Waals surface area contributed by atoms with Crippen LogP contribution in [0, 0.1) is 10.8 Å². The molecule has 1 aliphatic rings. The third kappa shape index (κ3) is 1.70. The highest BCUT2D eigenvalue weighted by atomic mass is 16.4. The number of carbonyl (C=O) groups is 1. The molecule has 3 heteroatoms. The normalized spacial score (nSPS) is 22.5. The third-order valence-corrected chi connectivity index (χ3v) is 2.92. The van der Waals surface area contributed by atoms with Crippen molar-refractivity contribution >= 4 is 5.97 Å². The van der Waals surface area contributed by atoms with E-state index in [-0.39, 0.29) is 11.5 Å². The lowest BCUT2D eigenvalue weighted by Gasteiger charge is -2.35. The summed E-state index contributed by atoms with van der Waals surface area (Å²) < 4.78 is 0. The van der Waals surface area contributed by atoms with E-state index in [0.717, 1.165) is 12.8 Å². The molecule has 0 aromatic rings. The van der Waals surface area contributed by atoms with Crippen LogP contribution in [0.25, 0.3) is 0 Å². The van der Waals surface area contributed by atoms with Gasteiger partial charge < -0.3 is 10.4 Å². The number of carboxylic acids is 1. The predicted octanol–water partition coefficient (Wildman–Crippen LogP) is 1.49. The Morgan fingerprint density at radius 2 is 1.92 bits per heavy atom. The Labute approximate surface area is 79.5 Å². The Morgan fingerprint density at radius 3 is 2.00 bits per heavy atom. The van der Waals surface area contributed by atoms with Gasteiger partial charge in [0, 0.05) is 6.04 Å². The number of nitrogens with one attached hydrogen (secondary N) is 1. The lowest BCUT2D eigenvalue weighted by atomic mass is 9.77. The van der Waals surface area contributed by atoms with Crippen molar-refractivity contribution in [3.63, 3.8) is 0 Å². The van der Waals surface area contributed by atoms with E-state index in [0.29, 0.717) is 0 Å². The zero-order valence-corrected chi connectivity index (χ0v) is 8.85. The zero-order valence-electron chi connectivity index (χ0n) is 8.85. The summed E-state index contributed by atoms with van der Waals surface area (Å²) in [6.07, 6.45) is 1.62. The average Bonchev–Trinajstić information content (AvgIpc) is 2.66. The number of rotatable bonds is 3. The molecule has 0 bridgehead atoms. The van der Waals surface area contributed by atoms with E-state index in [2.05, 4.69) is 26.1 Å². The summed E-state index contributed by atoms with van der Waals surface area (Å²) >= 11 is 0. The standard InChI is InChI=1S/C10H19NO2/c1-9(2,3)7(11-4)10(5-6-10)8(12)13/h7,11H,5-6H2,1-4H3,(H,12,13). The van der Waals surface area contributed by atoms with E-state index in [4.69, 9.17) is 5.11 Å². The van der Waals surface area contributed by atoms with Crippen molar-refractivity contribution in [2.45, 2.75) is 39.7 Å². The van der Waals surface area contributed by atoms with Gasteiger partial charge in [-0.25, -0.2) is 0 Å². The van der Waals surface area contributed by atoms with Crippen LogP contribution in [0.1, 0.15) is 33.6 Å². The summed E-state index contributed by atoms with van der Waals surface area (Å²) in [7, 11) is 1.85. The molecule has 0 aromatic heterocycles. The van der Waals surface area contributed by atoms with Crippen LogP contribution in [0.4, 0.5) is 0 Å². The fourth-order valence-electron chi connectivity index (χ4n) is 2.30. The molecule has 76 valence electrons. The lowest BCUT2D eigenvalue weighted by molar-refractivity contribution is -0.146. The van der Waals surface area contributed by atoms with Gasteiger partial charge in [-0.3, -0.25) is 4.79 Å². The summed E-state index contributed by atoms with van der Waals surface area (Å²) in [5, 5.41) is 12.3. The summed E-state index contributed by atoms with van der Waals surface area (Å²) in [4.78, 5) is 11.1. The van der Waals surface area contributed by atoms with Crippen molar-refractivity contribution in [1.29, 1.82) is 0 Å². The summed E-state index contributed by atoms with van der Waals surface area (Å²) in [5.74, 6) is -0.651. The maximum Gasteiger partial charge on any atom is 0.311 e. The van der Waals surface area contributed by atoms with Crippen LogP contribution in [0.5, 0.6) is 0 Å². The maximum atomic E-state index is 11.1. The first-order valence-electron chi connectivity index (χ1n) is 4.75. The quantitative estimate of drug-likeness (QED) is 0.700. The van der Waals surface area contributed by atoms with Crippen molar-refractivity contribution in [2.24, 2.45) is 10.8 Å².